The van der Waals surface area contributed by atoms with E-state index in [1.165, 1.54) is 5.38 Å². The molecule has 2 aromatic carbocycles. The third kappa shape index (κ3) is 4.82. The molecule has 6 nitrogen and oxygen atoms in total. The van der Waals surface area contributed by atoms with Crippen LogP contribution in [0, 0.1) is 0 Å². The average Bonchev–Trinajstić information content (AvgIpc) is 3.20. The van der Waals surface area contributed by atoms with E-state index in [4.69, 9.17) is 11.6 Å². The molecule has 0 saturated carbocycles. The number of halogens is 1. The Morgan fingerprint density at radius 2 is 1.54 bits per heavy atom. The third-order valence-electron chi connectivity index (χ3n) is 3.85. The average molecular weight is 414 g/mol. The van der Waals surface area contributed by atoms with Gasteiger partial charge in [-0.25, -0.2) is 4.98 Å². The van der Waals surface area contributed by atoms with Gasteiger partial charge in [-0.05, 0) is 11.1 Å². The van der Waals surface area contributed by atoms with Crippen molar-refractivity contribution in [2.75, 3.05) is 11.2 Å². The summed E-state index contributed by atoms with van der Waals surface area (Å²) in [6.07, 6.45) is 0. The first-order chi connectivity index (χ1) is 13.6. The maximum absolute atomic E-state index is 12.6. The van der Waals surface area contributed by atoms with Gasteiger partial charge in [0.1, 0.15) is 11.6 Å². The largest absolute Gasteiger partial charge is 0.338 e. The number of rotatable bonds is 7. The highest BCUT2D eigenvalue weighted by Crippen LogP contribution is 2.22. The zero-order valence-electron chi connectivity index (χ0n) is 14.6. The second-order valence-corrected chi connectivity index (χ2v) is 6.90. The van der Waals surface area contributed by atoms with Crippen LogP contribution in [0.1, 0.15) is 27.7 Å². The second kappa shape index (κ2) is 9.25. The molecule has 8 heteroatoms. The van der Waals surface area contributed by atoms with Crippen molar-refractivity contribution in [1.29, 1.82) is 0 Å². The number of nitrogens with one attached hydrogen (secondary N) is 2. The van der Waals surface area contributed by atoms with Crippen molar-refractivity contribution in [3.05, 3.63) is 82.9 Å². The first-order valence-electron chi connectivity index (χ1n) is 8.35. The Bertz CT molecular complexity index is 937. The smallest absolute Gasteiger partial charge is 0.294 e. The van der Waals surface area contributed by atoms with E-state index in [1.807, 2.05) is 60.7 Å². The molecular weight excluding hydrogens is 398 g/mol. The summed E-state index contributed by atoms with van der Waals surface area (Å²) in [6.45, 7) is 0. The number of anilines is 1. The van der Waals surface area contributed by atoms with Crippen LogP contribution in [0.3, 0.4) is 0 Å². The van der Waals surface area contributed by atoms with Crippen LogP contribution in [-0.2, 0) is 9.59 Å². The Kier molecular flexibility index (Phi) is 6.52. The number of carbonyl (C=O) groups is 3. The molecule has 3 rings (SSSR count). The Hall–Kier alpha value is -3.03. The monoisotopic (exact) mass is 413 g/mol. The van der Waals surface area contributed by atoms with E-state index in [-0.39, 0.29) is 16.7 Å². The summed E-state index contributed by atoms with van der Waals surface area (Å²) in [5.41, 5.74) is 1.67. The molecule has 2 N–H and O–H groups in total. The van der Waals surface area contributed by atoms with Gasteiger partial charge >= 0.3 is 0 Å². The molecule has 2 amide bonds. The fourth-order valence-corrected chi connectivity index (χ4v) is 3.32. The molecule has 0 fully saturated rings. The summed E-state index contributed by atoms with van der Waals surface area (Å²) in [7, 11) is 0. The van der Waals surface area contributed by atoms with E-state index in [0.717, 1.165) is 22.5 Å². The normalized spacial score (nSPS) is 10.5. The van der Waals surface area contributed by atoms with Crippen LogP contribution in [0.2, 0.25) is 0 Å². The number of carbonyl (C=O) groups excluding carboxylic acids is 3. The standard InChI is InChI=1S/C20H16ClN3O3S/c21-11-16(25)23-20-22-15(12-28-20)18(26)19(27)24-17(13-7-3-1-4-8-13)14-9-5-2-6-10-14/h1-10,12,17H,11H2,(H,24,27)(H,22,23,25). The van der Waals surface area contributed by atoms with Gasteiger partial charge in [-0.1, -0.05) is 60.7 Å². The second-order valence-electron chi connectivity index (χ2n) is 5.78. The third-order valence-corrected chi connectivity index (χ3v) is 4.85. The minimum atomic E-state index is -0.779. The van der Waals surface area contributed by atoms with Crippen LogP contribution in [0.4, 0.5) is 5.13 Å². The minimum Gasteiger partial charge on any atom is -0.338 e. The van der Waals surface area contributed by atoms with Crippen molar-refractivity contribution in [3.63, 3.8) is 0 Å². The first kappa shape index (κ1) is 19.7. The summed E-state index contributed by atoms with van der Waals surface area (Å²) < 4.78 is 0. The van der Waals surface area contributed by atoms with Crippen LogP contribution in [0.5, 0.6) is 0 Å². The van der Waals surface area contributed by atoms with E-state index >= 15 is 0 Å². The SMILES string of the molecule is O=C(CCl)Nc1nc(C(=O)C(=O)NC(c2ccccc2)c2ccccc2)cs1. The molecule has 1 heterocycles. The van der Waals surface area contributed by atoms with Crippen LogP contribution >= 0.6 is 22.9 Å². The molecule has 28 heavy (non-hydrogen) atoms. The number of hydrogen-bond donors (Lipinski definition) is 2. The minimum absolute atomic E-state index is 0.0350. The van der Waals surface area contributed by atoms with Crippen molar-refractivity contribution in [2.24, 2.45) is 0 Å². The molecule has 0 unspecified atom stereocenters. The van der Waals surface area contributed by atoms with Gasteiger partial charge in [0, 0.05) is 5.38 Å². The number of ketones is 1. The fourth-order valence-electron chi connectivity index (χ4n) is 2.55. The molecule has 0 aliphatic carbocycles. The Morgan fingerprint density at radius 1 is 0.964 bits per heavy atom. The Morgan fingerprint density at radius 3 is 2.07 bits per heavy atom. The van der Waals surface area contributed by atoms with Gasteiger partial charge in [-0.15, -0.1) is 22.9 Å². The van der Waals surface area contributed by atoms with Gasteiger partial charge in [0.05, 0.1) is 6.04 Å². The predicted octanol–water partition coefficient (Wildman–Crippen LogP) is 3.41. The van der Waals surface area contributed by atoms with Crippen LogP contribution < -0.4 is 10.6 Å². The van der Waals surface area contributed by atoms with Gasteiger partial charge in [-0.3, -0.25) is 14.4 Å². The highest BCUT2D eigenvalue weighted by Gasteiger charge is 2.24. The molecule has 0 bridgehead atoms. The number of nitrogens with zero attached hydrogens (tertiary/aromatic N) is 1. The maximum Gasteiger partial charge on any atom is 0.294 e. The zero-order valence-corrected chi connectivity index (χ0v) is 16.2. The topological polar surface area (TPSA) is 88.2 Å². The van der Waals surface area contributed by atoms with Gasteiger partial charge in [-0.2, -0.15) is 0 Å². The van der Waals surface area contributed by atoms with Crippen molar-refractivity contribution >= 4 is 45.7 Å². The lowest BCUT2D eigenvalue weighted by atomic mass is 9.98. The van der Waals surface area contributed by atoms with Crippen LogP contribution in [0.25, 0.3) is 0 Å². The summed E-state index contributed by atoms with van der Waals surface area (Å²) in [5, 5.41) is 6.86. The number of alkyl halides is 1. The summed E-state index contributed by atoms with van der Waals surface area (Å²) >= 11 is 6.48. The lowest BCUT2D eigenvalue weighted by Crippen LogP contribution is -2.35. The molecule has 142 valence electrons. The lowest BCUT2D eigenvalue weighted by Gasteiger charge is -2.19. The highest BCUT2D eigenvalue weighted by molar-refractivity contribution is 7.14. The fraction of sp³-hybridized carbons (Fsp3) is 0.100. The molecule has 0 aliphatic rings. The number of amides is 2. The summed E-state index contributed by atoms with van der Waals surface area (Å²) in [5.74, 6) is -2.22. The van der Waals surface area contributed by atoms with Crippen molar-refractivity contribution in [2.45, 2.75) is 6.04 Å². The Labute approximate surface area is 170 Å². The first-order valence-corrected chi connectivity index (χ1v) is 9.76. The van der Waals surface area contributed by atoms with Crippen LogP contribution in [0.15, 0.2) is 66.0 Å². The van der Waals surface area contributed by atoms with Crippen molar-refractivity contribution in [1.82, 2.24) is 10.3 Å². The molecule has 0 atom stereocenters. The molecule has 0 aliphatic heterocycles. The van der Waals surface area contributed by atoms with E-state index in [2.05, 4.69) is 15.6 Å². The number of hydrogen-bond acceptors (Lipinski definition) is 5. The van der Waals surface area contributed by atoms with E-state index in [1.54, 1.807) is 0 Å². The number of aromatic nitrogens is 1. The van der Waals surface area contributed by atoms with E-state index in [0.29, 0.717) is 0 Å². The van der Waals surface area contributed by atoms with Gasteiger partial charge in [0.2, 0.25) is 5.91 Å². The lowest BCUT2D eigenvalue weighted by molar-refractivity contribution is -0.117. The van der Waals surface area contributed by atoms with Gasteiger partial charge < -0.3 is 10.6 Å². The quantitative estimate of drug-likeness (QED) is 0.353. The molecule has 0 spiro atoms. The van der Waals surface area contributed by atoms with E-state index < -0.39 is 23.6 Å². The van der Waals surface area contributed by atoms with Crippen molar-refractivity contribution < 1.29 is 14.4 Å². The Balaban J connectivity index is 1.78. The maximum atomic E-state index is 12.6. The molecule has 1 aromatic heterocycles. The zero-order chi connectivity index (χ0) is 19.9. The summed E-state index contributed by atoms with van der Waals surface area (Å²) in [6, 6.07) is 18.3. The van der Waals surface area contributed by atoms with Crippen molar-refractivity contribution in [3.8, 4) is 0 Å². The molecular formula is C20H16ClN3O3S. The van der Waals surface area contributed by atoms with Gasteiger partial charge in [0.25, 0.3) is 11.7 Å². The number of Topliss-reactive ketones (excluding diaryl/α,β-unsaturated/α-hetero) is 1. The number of thiazole rings is 1. The summed E-state index contributed by atoms with van der Waals surface area (Å²) in [4.78, 5) is 40.4. The molecule has 0 saturated heterocycles. The van der Waals surface area contributed by atoms with Crippen LogP contribution in [-0.4, -0.2) is 28.5 Å². The van der Waals surface area contributed by atoms with E-state index in [9.17, 15) is 14.4 Å². The molecule has 0 radical (unpaired) electrons. The highest BCUT2D eigenvalue weighted by atomic mass is 35.5. The molecule has 3 aromatic rings. The van der Waals surface area contributed by atoms with Gasteiger partial charge in [0.15, 0.2) is 5.13 Å². The predicted molar refractivity (Wildman–Crippen MR) is 109 cm³/mol. The number of benzene rings is 2.